The Morgan fingerprint density at radius 2 is 0.768 bits per heavy atom. The van der Waals surface area contributed by atoms with E-state index in [2.05, 4.69) is 252 Å². The van der Waals surface area contributed by atoms with Crippen LogP contribution in [0.1, 0.15) is 25.0 Å². The van der Waals surface area contributed by atoms with Crippen molar-refractivity contribution < 1.29 is 0 Å². The lowest BCUT2D eigenvalue weighted by molar-refractivity contribution is 1.13. The summed E-state index contributed by atoms with van der Waals surface area (Å²) >= 11 is 0. The van der Waals surface area contributed by atoms with Crippen molar-refractivity contribution in [3.05, 3.63) is 236 Å². The average Bonchev–Trinajstić information content (AvgIpc) is 4.16. The molecule has 0 atom stereocenters. The van der Waals surface area contributed by atoms with Crippen molar-refractivity contribution in [3.8, 4) is 39.3 Å². The molecule has 0 amide bonds. The minimum Gasteiger partial charge on any atom is -0.316 e. The number of hydrogen-bond acceptors (Lipinski definition) is 0. The van der Waals surface area contributed by atoms with Crippen molar-refractivity contribution in [2.45, 2.75) is 27.7 Å². The van der Waals surface area contributed by atoms with Crippen LogP contribution < -0.4 is 0 Å². The van der Waals surface area contributed by atoms with Gasteiger partial charge in [-0.1, -0.05) is 178 Å². The van der Waals surface area contributed by atoms with Crippen LogP contribution in [0.15, 0.2) is 225 Å². The third kappa shape index (κ3) is 6.07. The van der Waals surface area contributed by atoms with Crippen LogP contribution in [0.5, 0.6) is 0 Å². The van der Waals surface area contributed by atoms with Crippen LogP contribution in [0, 0.1) is 13.8 Å². The summed E-state index contributed by atoms with van der Waals surface area (Å²) in [5, 5.41) is 15.2. The zero-order valence-corrected chi connectivity index (χ0v) is 39.2. The number of aromatic nitrogens is 3. The number of nitrogens with zero attached hydrogens (tertiary/aromatic N) is 3. The van der Waals surface area contributed by atoms with Crippen molar-refractivity contribution in [1.29, 1.82) is 0 Å². The van der Waals surface area contributed by atoms with Crippen molar-refractivity contribution in [2.24, 2.45) is 0 Å². The molecule has 0 bridgehead atoms. The predicted octanol–water partition coefficient (Wildman–Crippen LogP) is 18.3. The maximum absolute atomic E-state index is 2.50. The highest BCUT2D eigenvalue weighted by molar-refractivity contribution is 6.34. The highest BCUT2D eigenvalue weighted by Gasteiger charge is 2.24. The van der Waals surface area contributed by atoms with Crippen LogP contribution >= 0.6 is 0 Å². The van der Waals surface area contributed by atoms with Crippen LogP contribution in [0.2, 0.25) is 0 Å². The van der Waals surface area contributed by atoms with E-state index < -0.39 is 0 Å². The fraction of sp³-hybridized carbons (Fsp3) is 0.0606. The van der Waals surface area contributed by atoms with Gasteiger partial charge in [-0.25, -0.2) is 0 Å². The van der Waals surface area contributed by atoms with Gasteiger partial charge in [-0.05, 0) is 123 Å². The Morgan fingerprint density at radius 3 is 1.42 bits per heavy atom. The second-order valence-corrected chi connectivity index (χ2v) is 18.1. The number of para-hydroxylation sites is 1. The van der Waals surface area contributed by atoms with Crippen LogP contribution in [0.3, 0.4) is 0 Å². The summed E-state index contributed by atoms with van der Waals surface area (Å²) in [6.07, 6.45) is 4.51. The minimum absolute atomic E-state index is 1.13. The molecule has 14 rings (SSSR count). The van der Waals surface area contributed by atoms with E-state index in [-0.39, 0.29) is 0 Å². The molecule has 11 aromatic carbocycles. The van der Waals surface area contributed by atoms with Gasteiger partial charge >= 0.3 is 0 Å². The van der Waals surface area contributed by atoms with Gasteiger partial charge in [-0.15, -0.1) is 0 Å². The zero-order chi connectivity index (χ0) is 46.3. The largest absolute Gasteiger partial charge is 0.316 e. The molecular formula is C66H49N3. The van der Waals surface area contributed by atoms with E-state index in [0.29, 0.717) is 0 Å². The third-order valence-electron chi connectivity index (χ3n) is 14.6. The molecule has 0 N–H and O–H groups in total. The molecule has 0 saturated carbocycles. The monoisotopic (exact) mass is 883 g/mol. The molecule has 0 spiro atoms. The summed E-state index contributed by atoms with van der Waals surface area (Å²) in [4.78, 5) is 0. The van der Waals surface area contributed by atoms with E-state index >= 15 is 0 Å². The second kappa shape index (κ2) is 16.0. The lowest BCUT2D eigenvalue weighted by Gasteiger charge is -2.19. The van der Waals surface area contributed by atoms with E-state index in [1.807, 2.05) is 13.8 Å². The molecule has 14 aromatic rings. The summed E-state index contributed by atoms with van der Waals surface area (Å²) < 4.78 is 7.31. The molecule has 0 aliphatic heterocycles. The second-order valence-electron chi connectivity index (χ2n) is 18.1. The quantitative estimate of drug-likeness (QED) is 0.164. The Labute approximate surface area is 401 Å². The van der Waals surface area contributed by atoms with Crippen LogP contribution in [-0.2, 0) is 0 Å². The SMILES string of the molecule is CC.Cc1ccc2ccccc2c1-c1c(C)c2ccccc2c2ccn(-c3ccc(-c4ccc(-n5ccc6c7ccccc7c7c(c8ccc9ccccc9c8n7-c7ccccc7)c65)cc4)cc3)c12. The molecule has 3 aromatic heterocycles. The van der Waals surface area contributed by atoms with Gasteiger partial charge in [-0.2, -0.15) is 0 Å². The summed E-state index contributed by atoms with van der Waals surface area (Å²) in [6, 6.07) is 78.2. The molecule has 0 fully saturated rings. The first-order valence-corrected chi connectivity index (χ1v) is 24.3. The van der Waals surface area contributed by atoms with Crippen LogP contribution in [-0.4, -0.2) is 13.7 Å². The lowest BCUT2D eigenvalue weighted by atomic mass is 9.87. The predicted molar refractivity (Wildman–Crippen MR) is 296 cm³/mol. The van der Waals surface area contributed by atoms with Crippen molar-refractivity contribution in [3.63, 3.8) is 0 Å². The van der Waals surface area contributed by atoms with E-state index in [0.717, 1.165) is 17.1 Å². The molecule has 3 nitrogen and oxygen atoms in total. The number of benzene rings is 11. The molecule has 0 unspecified atom stereocenters. The van der Waals surface area contributed by atoms with Gasteiger partial charge in [0.15, 0.2) is 0 Å². The number of aryl methyl sites for hydroxylation is 2. The maximum Gasteiger partial charge on any atom is 0.0641 e. The Morgan fingerprint density at radius 1 is 0.290 bits per heavy atom. The summed E-state index contributed by atoms with van der Waals surface area (Å²) in [6.45, 7) is 8.55. The minimum atomic E-state index is 1.13. The van der Waals surface area contributed by atoms with Gasteiger partial charge in [-0.3, -0.25) is 0 Å². The molecule has 328 valence electrons. The van der Waals surface area contributed by atoms with Gasteiger partial charge in [0.25, 0.3) is 0 Å². The van der Waals surface area contributed by atoms with Gasteiger partial charge < -0.3 is 13.7 Å². The van der Waals surface area contributed by atoms with E-state index in [9.17, 15) is 0 Å². The van der Waals surface area contributed by atoms with Gasteiger partial charge in [0.05, 0.1) is 22.1 Å². The Bertz CT molecular complexity index is 4310. The number of fused-ring (bicyclic) bond motifs is 14. The topological polar surface area (TPSA) is 14.8 Å². The Hall–Kier alpha value is -8.66. The summed E-state index contributed by atoms with van der Waals surface area (Å²) in [5.41, 5.74) is 15.9. The summed E-state index contributed by atoms with van der Waals surface area (Å²) in [7, 11) is 0. The van der Waals surface area contributed by atoms with E-state index in [1.165, 1.54) is 120 Å². The fourth-order valence-electron chi connectivity index (χ4n) is 11.5. The van der Waals surface area contributed by atoms with Gasteiger partial charge in [0.2, 0.25) is 0 Å². The molecule has 0 radical (unpaired) electrons. The highest BCUT2D eigenvalue weighted by atomic mass is 15.0. The molecule has 0 aliphatic rings. The normalized spacial score (nSPS) is 11.8. The third-order valence-corrected chi connectivity index (χ3v) is 14.6. The van der Waals surface area contributed by atoms with E-state index in [4.69, 9.17) is 0 Å². The first-order valence-electron chi connectivity index (χ1n) is 24.3. The molecule has 69 heavy (non-hydrogen) atoms. The zero-order valence-electron chi connectivity index (χ0n) is 39.2. The smallest absolute Gasteiger partial charge is 0.0641 e. The van der Waals surface area contributed by atoms with Crippen LogP contribution in [0.25, 0.3) is 126 Å². The van der Waals surface area contributed by atoms with Crippen LogP contribution in [0.4, 0.5) is 0 Å². The first-order chi connectivity index (χ1) is 34.1. The van der Waals surface area contributed by atoms with Crippen molar-refractivity contribution in [2.75, 3.05) is 0 Å². The summed E-state index contributed by atoms with van der Waals surface area (Å²) in [5.74, 6) is 0. The van der Waals surface area contributed by atoms with Crippen molar-refractivity contribution >= 4 is 86.7 Å². The van der Waals surface area contributed by atoms with Gasteiger partial charge in [0, 0.05) is 67.3 Å². The molecular weight excluding hydrogens is 835 g/mol. The fourth-order valence-corrected chi connectivity index (χ4v) is 11.5. The van der Waals surface area contributed by atoms with Gasteiger partial charge in [0.1, 0.15) is 0 Å². The molecule has 3 heteroatoms. The first kappa shape index (κ1) is 40.6. The Kier molecular flexibility index (Phi) is 9.42. The highest BCUT2D eigenvalue weighted by Crippen LogP contribution is 2.47. The number of rotatable bonds is 5. The Balaban J connectivity index is 0.00000232. The molecule has 0 saturated heterocycles. The average molecular weight is 884 g/mol. The molecule has 0 aliphatic carbocycles. The molecule has 3 heterocycles. The lowest BCUT2D eigenvalue weighted by Crippen LogP contribution is -1.98. The number of hydrogen-bond donors (Lipinski definition) is 0. The van der Waals surface area contributed by atoms with E-state index in [1.54, 1.807) is 0 Å². The maximum atomic E-state index is 2.50. The van der Waals surface area contributed by atoms with Crippen molar-refractivity contribution in [1.82, 2.24) is 13.7 Å². The standard InChI is InChI=1S/C64H43N3.C2H6/c1-40-24-25-44-14-6-8-19-50(44)58(40)59-41(2)49-18-10-11-21-52(49)55-36-38-65(62(55)59)46-31-26-42(27-32-46)43-28-33-47(34-29-43)66-39-37-56-53-22-12-13-23-54(53)64-60(63(56)66)57-35-30-45-15-7-9-20-51(45)61(57)67(64)48-16-4-3-5-17-48;1-2/h3-39H,1-2H3;1-2H3.